The maximum atomic E-state index is 13.4. The summed E-state index contributed by atoms with van der Waals surface area (Å²) in [5, 5.41) is 0. The number of hydrogen-bond donors (Lipinski definition) is 0. The van der Waals surface area contributed by atoms with Gasteiger partial charge in [0.05, 0.1) is 0 Å². The van der Waals surface area contributed by atoms with Gasteiger partial charge in [-0.15, -0.1) is 0 Å². The summed E-state index contributed by atoms with van der Waals surface area (Å²) in [6, 6.07) is 9.46. The van der Waals surface area contributed by atoms with Crippen molar-refractivity contribution < 1.29 is 10.3 Å². The molecule has 0 atom stereocenters. The zero-order chi connectivity index (χ0) is 15.1. The van der Waals surface area contributed by atoms with E-state index in [0.29, 0.717) is 0 Å². The van der Waals surface area contributed by atoms with Crippen molar-refractivity contribution in [2.75, 3.05) is 0 Å². The average molecular weight is 259 g/mol. The summed E-state index contributed by atoms with van der Waals surface area (Å²) < 4.78 is 22.8. The standard InChI is InChI=1S/C17H21FN/c1-12-6-7-13(17(2,3)4)10-15(12)16-9-8-14(18)11-19(16)5/h6-11H,1-5H3/q+1/i11D. The topological polar surface area (TPSA) is 3.88 Å². The summed E-state index contributed by atoms with van der Waals surface area (Å²) in [4.78, 5) is 0. The van der Waals surface area contributed by atoms with Crippen molar-refractivity contribution in [3.05, 3.63) is 53.4 Å². The second-order valence-electron chi connectivity index (χ2n) is 6.02. The zero-order valence-corrected chi connectivity index (χ0v) is 12.2. The van der Waals surface area contributed by atoms with Crippen molar-refractivity contribution in [3.63, 3.8) is 0 Å². The summed E-state index contributed by atoms with van der Waals surface area (Å²) in [7, 11) is 1.73. The average Bonchev–Trinajstić information content (AvgIpc) is 2.36. The molecule has 1 aromatic carbocycles. The van der Waals surface area contributed by atoms with Crippen LogP contribution in [0.5, 0.6) is 0 Å². The Bertz CT molecular complexity index is 657. The predicted molar refractivity (Wildman–Crippen MR) is 76.4 cm³/mol. The number of hydrogen-bond acceptors (Lipinski definition) is 0. The van der Waals surface area contributed by atoms with Crippen LogP contribution in [0.4, 0.5) is 4.39 Å². The lowest BCUT2D eigenvalue weighted by molar-refractivity contribution is -0.661. The highest BCUT2D eigenvalue weighted by Gasteiger charge is 2.18. The molecule has 0 bridgehead atoms. The van der Waals surface area contributed by atoms with E-state index in [0.717, 1.165) is 16.8 Å². The summed E-state index contributed by atoms with van der Waals surface area (Å²) >= 11 is 0. The Morgan fingerprint density at radius 2 is 1.84 bits per heavy atom. The van der Waals surface area contributed by atoms with Gasteiger partial charge >= 0.3 is 0 Å². The van der Waals surface area contributed by atoms with Gasteiger partial charge < -0.3 is 0 Å². The molecule has 0 N–H and O–H groups in total. The third-order valence-electron chi connectivity index (χ3n) is 3.40. The van der Waals surface area contributed by atoms with Gasteiger partial charge in [-0.25, -0.2) is 4.39 Å². The summed E-state index contributed by atoms with van der Waals surface area (Å²) in [5.41, 5.74) is 4.33. The number of halogens is 1. The molecule has 0 saturated heterocycles. The fraction of sp³-hybridized carbons (Fsp3) is 0.353. The number of aryl methyl sites for hydroxylation is 1. The van der Waals surface area contributed by atoms with Crippen LogP contribution in [0.3, 0.4) is 0 Å². The molecule has 1 nitrogen and oxygen atoms in total. The van der Waals surface area contributed by atoms with Gasteiger partial charge in [-0.05, 0) is 35.6 Å². The maximum absolute atomic E-state index is 13.4. The third-order valence-corrected chi connectivity index (χ3v) is 3.40. The number of nitrogens with zero attached hydrogens (tertiary/aromatic N) is 1. The minimum absolute atomic E-state index is 0.0604. The molecule has 0 amide bonds. The molecule has 0 aliphatic heterocycles. The zero-order valence-electron chi connectivity index (χ0n) is 13.2. The summed E-state index contributed by atoms with van der Waals surface area (Å²) in [6.07, 6.45) is -0.0944. The molecule has 0 fully saturated rings. The molecule has 0 unspecified atom stereocenters. The van der Waals surface area contributed by atoms with Crippen LogP contribution in [0.25, 0.3) is 11.3 Å². The second-order valence-corrected chi connectivity index (χ2v) is 6.02. The van der Waals surface area contributed by atoms with E-state index in [9.17, 15) is 4.39 Å². The van der Waals surface area contributed by atoms with Crippen LogP contribution >= 0.6 is 0 Å². The van der Waals surface area contributed by atoms with E-state index in [-0.39, 0.29) is 11.6 Å². The van der Waals surface area contributed by atoms with Gasteiger partial charge in [-0.3, -0.25) is 0 Å². The Morgan fingerprint density at radius 3 is 2.47 bits per heavy atom. The van der Waals surface area contributed by atoms with E-state index in [4.69, 9.17) is 1.37 Å². The predicted octanol–water partition coefficient (Wildman–Crippen LogP) is 3.92. The summed E-state index contributed by atoms with van der Waals surface area (Å²) in [5.74, 6) is -0.499. The van der Waals surface area contributed by atoms with Crippen molar-refractivity contribution in [2.24, 2.45) is 7.05 Å². The highest BCUT2D eigenvalue weighted by molar-refractivity contribution is 5.62. The molecular weight excluding hydrogens is 237 g/mol. The Morgan fingerprint density at radius 1 is 1.16 bits per heavy atom. The quantitative estimate of drug-likeness (QED) is 0.683. The molecule has 100 valence electrons. The molecule has 1 heterocycles. The van der Waals surface area contributed by atoms with E-state index < -0.39 is 5.82 Å². The van der Waals surface area contributed by atoms with E-state index in [1.165, 1.54) is 11.6 Å². The highest BCUT2D eigenvalue weighted by Crippen LogP contribution is 2.28. The van der Waals surface area contributed by atoms with Gasteiger partial charge in [0.2, 0.25) is 11.9 Å². The highest BCUT2D eigenvalue weighted by atomic mass is 19.1. The second kappa shape index (κ2) is 4.76. The van der Waals surface area contributed by atoms with Crippen molar-refractivity contribution >= 4 is 0 Å². The molecule has 2 rings (SSSR count). The lowest BCUT2D eigenvalue weighted by Crippen LogP contribution is -2.31. The smallest absolute Gasteiger partial charge is 0.200 e. The first kappa shape index (κ1) is 12.3. The van der Waals surface area contributed by atoms with Gasteiger partial charge in [0, 0.05) is 11.6 Å². The van der Waals surface area contributed by atoms with E-state index in [1.807, 2.05) is 6.92 Å². The molecule has 0 saturated carbocycles. The number of rotatable bonds is 1. The number of pyridine rings is 1. The molecular formula is C17H21FN+. The maximum Gasteiger partial charge on any atom is 0.212 e. The summed E-state index contributed by atoms with van der Waals surface area (Å²) in [6.45, 7) is 8.54. The van der Waals surface area contributed by atoms with Crippen molar-refractivity contribution in [2.45, 2.75) is 33.1 Å². The molecule has 0 aliphatic rings. The first-order valence-electron chi connectivity index (χ1n) is 6.98. The number of benzene rings is 1. The molecule has 0 radical (unpaired) electrons. The van der Waals surface area contributed by atoms with Crippen LogP contribution < -0.4 is 4.57 Å². The van der Waals surface area contributed by atoms with Gasteiger partial charge in [0.15, 0.2) is 5.82 Å². The van der Waals surface area contributed by atoms with Crippen LogP contribution in [0, 0.1) is 12.7 Å². The van der Waals surface area contributed by atoms with Crippen LogP contribution in [-0.4, -0.2) is 0 Å². The van der Waals surface area contributed by atoms with Gasteiger partial charge in [0.1, 0.15) is 8.42 Å². The molecule has 2 aromatic rings. The number of aromatic nitrogens is 1. The fourth-order valence-electron chi connectivity index (χ4n) is 2.16. The van der Waals surface area contributed by atoms with Gasteiger partial charge in [-0.2, -0.15) is 4.57 Å². The van der Waals surface area contributed by atoms with E-state index >= 15 is 0 Å². The van der Waals surface area contributed by atoms with Crippen LogP contribution in [-0.2, 0) is 12.5 Å². The minimum Gasteiger partial charge on any atom is -0.200 e. The fourth-order valence-corrected chi connectivity index (χ4v) is 2.16. The molecule has 19 heavy (non-hydrogen) atoms. The SMILES string of the molecule is [2H]c1c(F)ccc(-c2cc(C(C)(C)C)ccc2C)[n+]1C. The molecule has 0 aliphatic carbocycles. The van der Waals surface area contributed by atoms with E-state index in [1.54, 1.807) is 17.7 Å². The molecule has 0 spiro atoms. The Hall–Kier alpha value is -1.70. The minimum atomic E-state index is -0.499. The largest absolute Gasteiger partial charge is 0.212 e. The monoisotopic (exact) mass is 259 g/mol. The Labute approximate surface area is 116 Å². The lowest BCUT2D eigenvalue weighted by atomic mass is 9.85. The van der Waals surface area contributed by atoms with Crippen LogP contribution in [0.1, 0.15) is 33.3 Å². The van der Waals surface area contributed by atoms with Crippen molar-refractivity contribution in [1.82, 2.24) is 0 Å². The van der Waals surface area contributed by atoms with Gasteiger partial charge in [-0.1, -0.05) is 32.9 Å². The van der Waals surface area contributed by atoms with E-state index in [2.05, 4.69) is 39.0 Å². The first-order chi connectivity index (χ1) is 9.21. The Kier molecular flexibility index (Phi) is 3.09. The normalized spacial score (nSPS) is 12.4. The van der Waals surface area contributed by atoms with Gasteiger partial charge in [0.25, 0.3) is 0 Å². The van der Waals surface area contributed by atoms with Crippen molar-refractivity contribution in [1.29, 1.82) is 0 Å². The Balaban J connectivity index is 2.67. The third kappa shape index (κ3) is 2.83. The van der Waals surface area contributed by atoms with Crippen molar-refractivity contribution in [3.8, 4) is 11.3 Å². The molecule has 1 aromatic heterocycles. The molecule has 2 heteroatoms. The van der Waals surface area contributed by atoms with Crippen LogP contribution in [0.15, 0.2) is 36.5 Å². The first-order valence-corrected chi connectivity index (χ1v) is 6.48. The lowest BCUT2D eigenvalue weighted by Gasteiger charge is -2.20. The van der Waals surface area contributed by atoms with Crippen LogP contribution in [0.2, 0.25) is 0 Å².